The van der Waals surface area contributed by atoms with Crippen LogP contribution in [-0.2, 0) is 0 Å². The number of rotatable bonds is 1. The number of nitrogens with one attached hydrogen (secondary N) is 1. The molecule has 110 valence electrons. The van der Waals surface area contributed by atoms with Gasteiger partial charge in [-0.3, -0.25) is 4.98 Å². The highest BCUT2D eigenvalue weighted by molar-refractivity contribution is 5.62. The van der Waals surface area contributed by atoms with Crippen molar-refractivity contribution in [2.45, 2.75) is 6.92 Å². The minimum absolute atomic E-state index is 0.264. The monoisotopic (exact) mass is 302 g/mol. The summed E-state index contributed by atoms with van der Waals surface area (Å²) in [5.41, 5.74) is 2.88. The number of aromatic amines is 1. The lowest BCUT2D eigenvalue weighted by Crippen LogP contribution is -1.88. The molecular formula is C18H11FN4. The van der Waals surface area contributed by atoms with Crippen molar-refractivity contribution < 1.29 is 4.39 Å². The van der Waals surface area contributed by atoms with Crippen molar-refractivity contribution >= 4 is 0 Å². The fourth-order valence-corrected chi connectivity index (χ4v) is 2.06. The van der Waals surface area contributed by atoms with Crippen LogP contribution in [0.5, 0.6) is 0 Å². The standard InChI is InChI=1S/C18H11FN4/c1-12-21-11-17(23-12)4-2-13-3-5-18(22-10-13)15-6-14(9-20)7-16(19)8-15/h3,5-8,10-11H,1H3,(H,21,23). The molecule has 0 aliphatic carbocycles. The number of H-pyrrole nitrogens is 1. The number of hydrogen-bond donors (Lipinski definition) is 1. The first-order valence-electron chi connectivity index (χ1n) is 6.85. The minimum atomic E-state index is -0.459. The molecule has 0 unspecified atom stereocenters. The average Bonchev–Trinajstić information content (AvgIpc) is 2.98. The lowest BCUT2D eigenvalue weighted by molar-refractivity contribution is 0.628. The molecule has 0 aliphatic heterocycles. The molecule has 0 bridgehead atoms. The summed E-state index contributed by atoms with van der Waals surface area (Å²) >= 11 is 0. The zero-order valence-electron chi connectivity index (χ0n) is 12.3. The van der Waals surface area contributed by atoms with Crippen LogP contribution in [0.25, 0.3) is 11.3 Å². The van der Waals surface area contributed by atoms with Gasteiger partial charge in [0.1, 0.15) is 17.3 Å². The molecule has 23 heavy (non-hydrogen) atoms. The summed E-state index contributed by atoms with van der Waals surface area (Å²) in [6, 6.07) is 9.62. The predicted octanol–water partition coefficient (Wildman–Crippen LogP) is 3.19. The molecule has 0 saturated carbocycles. The number of imidazole rings is 1. The van der Waals surface area contributed by atoms with E-state index in [0.29, 0.717) is 11.3 Å². The average molecular weight is 302 g/mol. The van der Waals surface area contributed by atoms with E-state index in [4.69, 9.17) is 5.26 Å². The van der Waals surface area contributed by atoms with E-state index < -0.39 is 5.82 Å². The van der Waals surface area contributed by atoms with Crippen LogP contribution in [0.3, 0.4) is 0 Å². The van der Waals surface area contributed by atoms with E-state index in [1.165, 1.54) is 12.1 Å². The van der Waals surface area contributed by atoms with Gasteiger partial charge in [0.25, 0.3) is 0 Å². The Balaban J connectivity index is 1.87. The van der Waals surface area contributed by atoms with E-state index in [-0.39, 0.29) is 5.56 Å². The summed E-state index contributed by atoms with van der Waals surface area (Å²) in [5.74, 6) is 6.28. The molecule has 3 rings (SSSR count). The number of nitriles is 1. The number of benzene rings is 1. The topological polar surface area (TPSA) is 65.4 Å². The molecule has 2 heterocycles. The number of aryl methyl sites for hydroxylation is 1. The van der Waals surface area contributed by atoms with Crippen molar-refractivity contribution in [3.05, 3.63) is 71.2 Å². The van der Waals surface area contributed by atoms with Crippen LogP contribution in [0.2, 0.25) is 0 Å². The normalized spacial score (nSPS) is 9.78. The van der Waals surface area contributed by atoms with Gasteiger partial charge >= 0.3 is 0 Å². The fraction of sp³-hybridized carbons (Fsp3) is 0.0556. The summed E-state index contributed by atoms with van der Waals surface area (Å²) in [6.45, 7) is 1.86. The van der Waals surface area contributed by atoms with Gasteiger partial charge in [0.15, 0.2) is 0 Å². The van der Waals surface area contributed by atoms with Crippen LogP contribution in [0, 0.1) is 35.9 Å². The Labute approximate surface area is 132 Å². The number of pyridine rings is 1. The molecule has 2 aromatic heterocycles. The Morgan fingerprint density at radius 2 is 1.91 bits per heavy atom. The molecule has 0 radical (unpaired) electrons. The van der Waals surface area contributed by atoms with Crippen LogP contribution in [0.1, 0.15) is 22.6 Å². The van der Waals surface area contributed by atoms with Crippen molar-refractivity contribution in [3.8, 4) is 29.2 Å². The Morgan fingerprint density at radius 1 is 1.04 bits per heavy atom. The lowest BCUT2D eigenvalue weighted by Gasteiger charge is -2.02. The highest BCUT2D eigenvalue weighted by Gasteiger charge is 2.04. The van der Waals surface area contributed by atoms with Gasteiger partial charge in [0, 0.05) is 17.3 Å². The van der Waals surface area contributed by atoms with Crippen LogP contribution in [-0.4, -0.2) is 15.0 Å². The summed E-state index contributed by atoms with van der Waals surface area (Å²) in [5, 5.41) is 8.89. The van der Waals surface area contributed by atoms with Crippen molar-refractivity contribution in [1.29, 1.82) is 5.26 Å². The molecule has 0 atom stereocenters. The van der Waals surface area contributed by atoms with E-state index in [2.05, 4.69) is 26.8 Å². The van der Waals surface area contributed by atoms with Gasteiger partial charge < -0.3 is 4.98 Å². The van der Waals surface area contributed by atoms with Crippen molar-refractivity contribution in [2.75, 3.05) is 0 Å². The maximum atomic E-state index is 13.5. The highest BCUT2D eigenvalue weighted by Crippen LogP contribution is 2.20. The predicted molar refractivity (Wildman–Crippen MR) is 83.7 cm³/mol. The minimum Gasteiger partial charge on any atom is -0.336 e. The van der Waals surface area contributed by atoms with E-state index >= 15 is 0 Å². The van der Waals surface area contributed by atoms with Gasteiger partial charge in [-0.1, -0.05) is 5.92 Å². The van der Waals surface area contributed by atoms with E-state index in [0.717, 1.165) is 17.1 Å². The first-order chi connectivity index (χ1) is 11.1. The van der Waals surface area contributed by atoms with Gasteiger partial charge in [-0.2, -0.15) is 5.26 Å². The van der Waals surface area contributed by atoms with E-state index in [1.54, 1.807) is 30.6 Å². The number of aromatic nitrogens is 3. The maximum absolute atomic E-state index is 13.5. The van der Waals surface area contributed by atoms with Crippen LogP contribution in [0.15, 0.2) is 42.7 Å². The Morgan fingerprint density at radius 3 is 2.57 bits per heavy atom. The first-order valence-corrected chi connectivity index (χ1v) is 6.85. The van der Waals surface area contributed by atoms with Gasteiger partial charge in [0.05, 0.1) is 23.5 Å². The molecule has 0 amide bonds. The highest BCUT2D eigenvalue weighted by atomic mass is 19.1. The smallest absolute Gasteiger partial charge is 0.125 e. The molecule has 0 aliphatic rings. The Hall–Kier alpha value is -3.44. The van der Waals surface area contributed by atoms with E-state index in [9.17, 15) is 4.39 Å². The third-order valence-electron chi connectivity index (χ3n) is 3.13. The summed E-state index contributed by atoms with van der Waals surface area (Å²) in [4.78, 5) is 11.4. The molecular weight excluding hydrogens is 291 g/mol. The van der Waals surface area contributed by atoms with Crippen LogP contribution in [0.4, 0.5) is 4.39 Å². The molecule has 1 N–H and O–H groups in total. The molecule has 3 aromatic rings. The van der Waals surface area contributed by atoms with E-state index in [1.807, 2.05) is 13.0 Å². The van der Waals surface area contributed by atoms with Crippen LogP contribution >= 0.6 is 0 Å². The van der Waals surface area contributed by atoms with Crippen molar-refractivity contribution in [2.24, 2.45) is 0 Å². The summed E-state index contributed by atoms with van der Waals surface area (Å²) in [6.07, 6.45) is 3.28. The molecule has 1 aromatic carbocycles. The van der Waals surface area contributed by atoms with Crippen molar-refractivity contribution in [1.82, 2.24) is 15.0 Å². The molecule has 0 fully saturated rings. The second-order valence-corrected chi connectivity index (χ2v) is 4.90. The quantitative estimate of drug-likeness (QED) is 0.702. The largest absolute Gasteiger partial charge is 0.336 e. The van der Waals surface area contributed by atoms with Gasteiger partial charge in [-0.05, 0) is 43.2 Å². The number of halogens is 1. The Bertz CT molecular complexity index is 953. The molecule has 0 spiro atoms. The van der Waals surface area contributed by atoms with Gasteiger partial charge in [0.2, 0.25) is 0 Å². The molecule has 5 heteroatoms. The molecule has 4 nitrogen and oxygen atoms in total. The third kappa shape index (κ3) is 3.42. The maximum Gasteiger partial charge on any atom is 0.125 e. The zero-order chi connectivity index (χ0) is 16.2. The van der Waals surface area contributed by atoms with Gasteiger partial charge in [-0.15, -0.1) is 0 Å². The molecule has 0 saturated heterocycles. The zero-order valence-corrected chi connectivity index (χ0v) is 12.3. The lowest BCUT2D eigenvalue weighted by atomic mass is 10.1. The second-order valence-electron chi connectivity index (χ2n) is 4.90. The van der Waals surface area contributed by atoms with Gasteiger partial charge in [-0.25, -0.2) is 9.37 Å². The number of nitrogens with zero attached hydrogens (tertiary/aromatic N) is 3. The summed E-state index contributed by atoms with van der Waals surface area (Å²) in [7, 11) is 0. The Kier molecular flexibility index (Phi) is 3.86. The van der Waals surface area contributed by atoms with Crippen LogP contribution < -0.4 is 0 Å². The fourth-order valence-electron chi connectivity index (χ4n) is 2.06. The summed E-state index contributed by atoms with van der Waals surface area (Å²) < 4.78 is 13.5. The van der Waals surface area contributed by atoms with Crippen molar-refractivity contribution in [3.63, 3.8) is 0 Å². The SMILES string of the molecule is Cc1ncc(C#Cc2ccc(-c3cc(F)cc(C#N)c3)nc2)[nH]1. The number of hydrogen-bond acceptors (Lipinski definition) is 3. The third-order valence-corrected chi connectivity index (χ3v) is 3.13. The second kappa shape index (κ2) is 6.13. The first kappa shape index (κ1) is 14.5.